The Kier molecular flexibility index (Phi) is 6.97. The predicted molar refractivity (Wildman–Crippen MR) is 117 cm³/mol. The van der Waals surface area contributed by atoms with Crippen molar-refractivity contribution in [2.45, 2.75) is 45.6 Å². The molecule has 7 nitrogen and oxygen atoms in total. The molecule has 1 aliphatic carbocycles. The van der Waals surface area contributed by atoms with Gasteiger partial charge in [-0.3, -0.25) is 9.52 Å². The molecule has 0 aliphatic heterocycles. The molecule has 1 atom stereocenters. The fourth-order valence-corrected chi connectivity index (χ4v) is 4.59. The van der Waals surface area contributed by atoms with E-state index in [2.05, 4.69) is 15.0 Å². The number of aromatic nitrogens is 1. The van der Waals surface area contributed by atoms with Gasteiger partial charge in [-0.15, -0.1) is 0 Å². The number of hydrogen-bond donors (Lipinski definition) is 2. The van der Waals surface area contributed by atoms with Crippen LogP contribution in [0.1, 0.15) is 60.1 Å². The highest BCUT2D eigenvalue weighted by molar-refractivity contribution is 7.92. The van der Waals surface area contributed by atoms with Crippen molar-refractivity contribution in [3.63, 3.8) is 0 Å². The van der Waals surface area contributed by atoms with Crippen molar-refractivity contribution >= 4 is 21.6 Å². The Balaban J connectivity index is 1.83. The number of hydrogen-bond acceptors (Lipinski definition) is 5. The van der Waals surface area contributed by atoms with Crippen LogP contribution in [0.3, 0.4) is 0 Å². The zero-order valence-corrected chi connectivity index (χ0v) is 18.5. The average molecular weight is 432 g/mol. The first kappa shape index (κ1) is 22.1. The molecule has 2 aromatic rings. The van der Waals surface area contributed by atoms with Gasteiger partial charge in [0.2, 0.25) is 15.9 Å². The van der Waals surface area contributed by atoms with Gasteiger partial charge in [-0.2, -0.15) is 0 Å². The third kappa shape index (κ3) is 5.72. The second kappa shape index (κ2) is 9.47. The molecule has 8 heteroatoms. The van der Waals surface area contributed by atoms with Gasteiger partial charge in [-0.1, -0.05) is 31.0 Å². The number of anilines is 1. The third-order valence-electron chi connectivity index (χ3n) is 5.16. The Morgan fingerprint density at radius 1 is 1.27 bits per heavy atom. The SMILES string of the molecule is CCCCS(=O)(=O)Nc1ccc(C)cc1C(=O)NC(c1ccc(OC)nc1)C1CC1. The molecule has 30 heavy (non-hydrogen) atoms. The molecule has 0 bridgehead atoms. The fourth-order valence-electron chi connectivity index (χ4n) is 3.31. The van der Waals surface area contributed by atoms with Gasteiger partial charge in [0.15, 0.2) is 0 Å². The number of pyridine rings is 1. The van der Waals surface area contributed by atoms with Crippen molar-refractivity contribution in [1.82, 2.24) is 10.3 Å². The van der Waals surface area contributed by atoms with Crippen LogP contribution < -0.4 is 14.8 Å². The van der Waals surface area contributed by atoms with E-state index in [0.29, 0.717) is 29.5 Å². The number of methoxy groups -OCH3 is 1. The van der Waals surface area contributed by atoms with Crippen molar-refractivity contribution in [3.05, 3.63) is 53.2 Å². The summed E-state index contributed by atoms with van der Waals surface area (Å²) in [5.41, 5.74) is 2.41. The van der Waals surface area contributed by atoms with Crippen molar-refractivity contribution < 1.29 is 17.9 Å². The minimum Gasteiger partial charge on any atom is -0.481 e. The topological polar surface area (TPSA) is 97.4 Å². The average Bonchev–Trinajstić information content (AvgIpc) is 3.57. The lowest BCUT2D eigenvalue weighted by Gasteiger charge is -2.20. The molecule has 0 spiro atoms. The molecule has 162 valence electrons. The monoisotopic (exact) mass is 431 g/mol. The molecule has 1 fully saturated rings. The Labute approximate surface area is 178 Å². The number of nitrogens with one attached hydrogen (secondary N) is 2. The van der Waals surface area contributed by atoms with E-state index in [0.717, 1.165) is 30.4 Å². The second-order valence-electron chi connectivity index (χ2n) is 7.75. The quantitative estimate of drug-likeness (QED) is 0.596. The molecule has 1 amide bonds. The summed E-state index contributed by atoms with van der Waals surface area (Å²) in [6.45, 7) is 3.81. The van der Waals surface area contributed by atoms with E-state index in [-0.39, 0.29) is 17.7 Å². The number of carbonyl (C=O) groups excluding carboxylic acids is 1. The van der Waals surface area contributed by atoms with Crippen LogP contribution in [0.4, 0.5) is 5.69 Å². The first-order valence-corrected chi connectivity index (χ1v) is 11.9. The van der Waals surface area contributed by atoms with Crippen LogP contribution >= 0.6 is 0 Å². The second-order valence-corrected chi connectivity index (χ2v) is 9.59. The van der Waals surface area contributed by atoms with Gasteiger partial charge in [0.1, 0.15) is 0 Å². The zero-order chi connectivity index (χ0) is 21.7. The van der Waals surface area contributed by atoms with Crippen LogP contribution in [0.2, 0.25) is 0 Å². The van der Waals surface area contributed by atoms with E-state index in [1.54, 1.807) is 37.6 Å². The lowest BCUT2D eigenvalue weighted by Crippen LogP contribution is -2.31. The minimum atomic E-state index is -3.51. The van der Waals surface area contributed by atoms with Crippen LogP contribution in [0.5, 0.6) is 5.88 Å². The summed E-state index contributed by atoms with van der Waals surface area (Å²) in [4.78, 5) is 17.4. The maximum atomic E-state index is 13.2. The van der Waals surface area contributed by atoms with Gasteiger partial charge in [0.25, 0.3) is 5.91 Å². The fraction of sp³-hybridized carbons (Fsp3) is 0.455. The molecular formula is C22H29N3O4S. The van der Waals surface area contributed by atoms with Crippen LogP contribution in [0.25, 0.3) is 0 Å². The molecule has 1 aliphatic rings. The molecule has 1 heterocycles. The Bertz CT molecular complexity index is 986. The molecule has 1 aromatic heterocycles. The lowest BCUT2D eigenvalue weighted by atomic mass is 10.0. The van der Waals surface area contributed by atoms with Crippen molar-refractivity contribution in [3.8, 4) is 5.88 Å². The molecule has 0 radical (unpaired) electrons. The first-order chi connectivity index (χ1) is 14.3. The highest BCUT2D eigenvalue weighted by Gasteiger charge is 2.34. The smallest absolute Gasteiger partial charge is 0.253 e. The molecule has 1 aromatic carbocycles. The minimum absolute atomic E-state index is 0.0284. The van der Waals surface area contributed by atoms with Crippen molar-refractivity contribution in [2.75, 3.05) is 17.6 Å². The maximum absolute atomic E-state index is 13.2. The van der Waals surface area contributed by atoms with Crippen LogP contribution in [0.15, 0.2) is 36.5 Å². The summed E-state index contributed by atoms with van der Waals surface area (Å²) in [7, 11) is -1.95. The summed E-state index contributed by atoms with van der Waals surface area (Å²) < 4.78 is 32.5. The van der Waals surface area contributed by atoms with Gasteiger partial charge < -0.3 is 10.1 Å². The van der Waals surface area contributed by atoms with Gasteiger partial charge in [-0.25, -0.2) is 13.4 Å². The Hall–Kier alpha value is -2.61. The number of aryl methyl sites for hydroxylation is 1. The molecule has 2 N–H and O–H groups in total. The largest absolute Gasteiger partial charge is 0.481 e. The van der Waals surface area contributed by atoms with Gasteiger partial charge in [0.05, 0.1) is 30.2 Å². The molecular weight excluding hydrogens is 402 g/mol. The summed E-state index contributed by atoms with van der Waals surface area (Å²) in [5, 5.41) is 3.09. The first-order valence-electron chi connectivity index (χ1n) is 10.2. The van der Waals surface area contributed by atoms with E-state index in [4.69, 9.17) is 4.74 Å². The van der Waals surface area contributed by atoms with Crippen LogP contribution in [-0.4, -0.2) is 32.2 Å². The Morgan fingerprint density at radius 2 is 2.03 bits per heavy atom. The number of benzene rings is 1. The number of unbranched alkanes of at least 4 members (excludes halogenated alkanes) is 1. The van der Waals surface area contributed by atoms with Crippen molar-refractivity contribution in [2.24, 2.45) is 5.92 Å². The van der Waals surface area contributed by atoms with E-state index in [9.17, 15) is 13.2 Å². The number of sulfonamides is 1. The summed E-state index contributed by atoms with van der Waals surface area (Å²) in [6.07, 6.45) is 5.12. The normalized spacial score (nSPS) is 14.8. The highest BCUT2D eigenvalue weighted by Crippen LogP contribution is 2.41. The maximum Gasteiger partial charge on any atom is 0.253 e. The van der Waals surface area contributed by atoms with Crippen LogP contribution in [-0.2, 0) is 10.0 Å². The lowest BCUT2D eigenvalue weighted by molar-refractivity contribution is 0.0932. The number of nitrogens with zero attached hydrogens (tertiary/aromatic N) is 1. The van der Waals surface area contributed by atoms with E-state index in [1.807, 2.05) is 19.9 Å². The molecule has 3 rings (SSSR count). The summed E-state index contributed by atoms with van der Waals surface area (Å²) >= 11 is 0. The summed E-state index contributed by atoms with van der Waals surface area (Å²) in [6, 6.07) is 8.65. The van der Waals surface area contributed by atoms with E-state index in [1.165, 1.54) is 0 Å². The number of carbonyl (C=O) groups is 1. The van der Waals surface area contributed by atoms with Gasteiger partial charge in [0, 0.05) is 12.3 Å². The zero-order valence-electron chi connectivity index (χ0n) is 17.6. The Morgan fingerprint density at radius 3 is 2.63 bits per heavy atom. The molecule has 1 saturated carbocycles. The molecule has 0 saturated heterocycles. The van der Waals surface area contributed by atoms with Gasteiger partial charge in [-0.05, 0) is 49.8 Å². The molecule has 1 unspecified atom stereocenters. The van der Waals surface area contributed by atoms with Crippen LogP contribution in [0, 0.1) is 12.8 Å². The number of amides is 1. The van der Waals surface area contributed by atoms with E-state index >= 15 is 0 Å². The third-order valence-corrected chi connectivity index (χ3v) is 6.52. The van der Waals surface area contributed by atoms with Crippen molar-refractivity contribution in [1.29, 1.82) is 0 Å². The number of ether oxygens (including phenoxy) is 1. The number of rotatable bonds is 10. The summed E-state index contributed by atoms with van der Waals surface area (Å²) in [5.74, 6) is 0.584. The standard InChI is InChI=1S/C22H29N3O4S/c1-4-5-12-30(27,28)25-19-10-6-15(2)13-18(19)22(26)24-21(16-7-8-16)17-9-11-20(29-3)23-14-17/h6,9-11,13-14,16,21,25H,4-5,7-8,12H2,1-3H3,(H,24,26). The predicted octanol–water partition coefficient (Wildman–Crippen LogP) is 3.82. The van der Waals surface area contributed by atoms with Gasteiger partial charge >= 0.3 is 0 Å². The highest BCUT2D eigenvalue weighted by atomic mass is 32.2. The van der Waals surface area contributed by atoms with E-state index < -0.39 is 10.0 Å².